The lowest BCUT2D eigenvalue weighted by molar-refractivity contribution is -0.139. The van der Waals surface area contributed by atoms with E-state index in [4.69, 9.17) is 0 Å². The molecule has 1 aliphatic heterocycles. The quantitative estimate of drug-likeness (QED) is 0.334. The average molecular weight is 552 g/mol. The van der Waals surface area contributed by atoms with Crippen molar-refractivity contribution in [1.29, 1.82) is 0 Å². The predicted octanol–water partition coefficient (Wildman–Crippen LogP) is 8.55. The van der Waals surface area contributed by atoms with Gasteiger partial charge in [0.05, 0.1) is 11.1 Å². The Morgan fingerprint density at radius 2 is 1.43 bits per heavy atom. The molecule has 10 heteroatoms. The van der Waals surface area contributed by atoms with Crippen molar-refractivity contribution in [2.24, 2.45) is 11.8 Å². The van der Waals surface area contributed by atoms with Gasteiger partial charge in [-0.2, -0.15) is 26.3 Å². The molecule has 1 heterocycles. The van der Waals surface area contributed by atoms with Gasteiger partial charge in [0.1, 0.15) is 0 Å². The van der Waals surface area contributed by atoms with Gasteiger partial charge in [-0.25, -0.2) is 0 Å². The van der Waals surface area contributed by atoms with Crippen LogP contribution < -0.4 is 0 Å². The summed E-state index contributed by atoms with van der Waals surface area (Å²) in [6.07, 6.45) is -6.48. The second-order valence-corrected chi connectivity index (χ2v) is 9.97. The summed E-state index contributed by atoms with van der Waals surface area (Å²) in [5.41, 5.74) is -0.167. The van der Waals surface area contributed by atoms with E-state index in [2.05, 4.69) is 18.7 Å². The number of aliphatic carboxylic acids is 1. The number of piperidine rings is 1. The molecule has 0 radical (unpaired) electrons. The van der Waals surface area contributed by atoms with Crippen molar-refractivity contribution in [2.75, 3.05) is 6.54 Å². The summed E-state index contributed by atoms with van der Waals surface area (Å²) in [5, 5.41) is 9.31. The fourth-order valence-corrected chi connectivity index (χ4v) is 4.99. The summed E-state index contributed by atoms with van der Waals surface area (Å²) >= 11 is 0. The van der Waals surface area contributed by atoms with Crippen LogP contribution in [0.4, 0.5) is 26.3 Å². The minimum absolute atomic E-state index is 0. The first kappa shape index (κ1) is 31.0. The largest absolute Gasteiger partial charge is 0.481 e. The molecule has 3 atom stereocenters. The van der Waals surface area contributed by atoms with Gasteiger partial charge in [0.2, 0.25) is 0 Å². The molecule has 3 rings (SSSR count). The summed E-state index contributed by atoms with van der Waals surface area (Å²) in [6.45, 7) is 4.60. The van der Waals surface area contributed by atoms with Crippen LogP contribution in [0.15, 0.2) is 48.5 Å². The number of carboxylic acids is 1. The molecule has 0 bridgehead atoms. The maximum absolute atomic E-state index is 13.1. The molecule has 0 amide bonds. The summed E-state index contributed by atoms with van der Waals surface area (Å²) in [5.74, 6) is -0.737. The van der Waals surface area contributed by atoms with Crippen LogP contribution in [0.25, 0.3) is 0 Å². The third-order valence-corrected chi connectivity index (χ3v) is 6.88. The molecule has 0 aromatic heterocycles. The van der Waals surface area contributed by atoms with Crippen LogP contribution >= 0.6 is 12.4 Å². The summed E-state index contributed by atoms with van der Waals surface area (Å²) in [6, 6.07) is 9.35. The number of nitrogens with zero attached hydrogens (tertiary/aromatic N) is 1. The van der Waals surface area contributed by atoms with Gasteiger partial charge in [0, 0.05) is 18.5 Å². The number of carboxylic acid groups (broad SMARTS) is 1. The van der Waals surface area contributed by atoms with Gasteiger partial charge in [0.15, 0.2) is 0 Å². The highest BCUT2D eigenvalue weighted by Gasteiger charge is 2.37. The van der Waals surface area contributed by atoms with Gasteiger partial charge in [-0.3, -0.25) is 9.69 Å². The lowest BCUT2D eigenvalue weighted by Crippen LogP contribution is -2.40. The molecule has 2 aromatic rings. The maximum Gasteiger partial charge on any atom is 0.416 e. The zero-order valence-electron chi connectivity index (χ0n) is 20.6. The van der Waals surface area contributed by atoms with Crippen LogP contribution in [0.2, 0.25) is 0 Å². The van der Waals surface area contributed by atoms with Gasteiger partial charge in [0.25, 0.3) is 0 Å². The predicted molar refractivity (Wildman–Crippen MR) is 131 cm³/mol. The molecule has 0 aliphatic carbocycles. The van der Waals surface area contributed by atoms with E-state index in [-0.39, 0.29) is 36.8 Å². The molecular weight excluding hydrogens is 520 g/mol. The highest BCUT2D eigenvalue weighted by Crippen LogP contribution is 2.43. The first-order chi connectivity index (χ1) is 16.8. The van der Waals surface area contributed by atoms with Crippen molar-refractivity contribution in [1.82, 2.24) is 4.90 Å². The van der Waals surface area contributed by atoms with Crippen molar-refractivity contribution in [3.63, 3.8) is 0 Å². The SMILES string of the molecule is CC(C)CC[C@H](c1ccc(C(F)(F)F)cc1)N1CC[C@H](CC(=O)O)C[C@H]1c1ccc(C(F)(F)F)cc1.Cl. The molecule has 0 saturated carbocycles. The molecule has 1 aliphatic rings. The molecule has 206 valence electrons. The standard InChI is InChI=1S/C27H31F6NO2.ClH/c1-17(2)3-12-23(19-4-8-21(9-5-19)26(28,29)30)34-14-13-18(16-25(35)36)15-24(34)20-6-10-22(11-7-20)27(31,32)33;/h4-11,17-18,23-24H,3,12-16H2,1-2H3,(H,35,36);1H/t18-,23+,24-;/m0./s1. The number of hydrogen-bond acceptors (Lipinski definition) is 2. The van der Waals surface area contributed by atoms with E-state index >= 15 is 0 Å². The second-order valence-electron chi connectivity index (χ2n) is 9.97. The fraction of sp³-hybridized carbons (Fsp3) is 0.519. The molecular formula is C27H32ClF6NO2. The molecule has 1 fully saturated rings. The molecule has 0 spiro atoms. The Morgan fingerprint density at radius 1 is 0.919 bits per heavy atom. The van der Waals surface area contributed by atoms with Gasteiger partial charge in [-0.15, -0.1) is 12.4 Å². The van der Waals surface area contributed by atoms with Gasteiger partial charge < -0.3 is 5.11 Å². The van der Waals surface area contributed by atoms with Crippen molar-refractivity contribution in [3.8, 4) is 0 Å². The molecule has 3 nitrogen and oxygen atoms in total. The number of carbonyl (C=O) groups is 1. The van der Waals surface area contributed by atoms with E-state index in [1.54, 1.807) is 0 Å². The van der Waals surface area contributed by atoms with E-state index in [1.165, 1.54) is 24.3 Å². The fourth-order valence-electron chi connectivity index (χ4n) is 4.99. The summed E-state index contributed by atoms with van der Waals surface area (Å²) < 4.78 is 78.8. The van der Waals surface area contributed by atoms with Crippen molar-refractivity contribution in [3.05, 3.63) is 70.8 Å². The monoisotopic (exact) mass is 551 g/mol. The van der Waals surface area contributed by atoms with E-state index in [9.17, 15) is 36.2 Å². The Kier molecular flexibility index (Phi) is 10.5. The third-order valence-electron chi connectivity index (χ3n) is 6.88. The molecule has 2 aromatic carbocycles. The molecule has 37 heavy (non-hydrogen) atoms. The lowest BCUT2D eigenvalue weighted by atomic mass is 9.82. The van der Waals surface area contributed by atoms with E-state index in [1.807, 2.05) is 0 Å². The first-order valence-corrected chi connectivity index (χ1v) is 12.1. The van der Waals surface area contributed by atoms with Crippen molar-refractivity contribution < 1.29 is 36.2 Å². The summed E-state index contributed by atoms with van der Waals surface area (Å²) in [4.78, 5) is 13.5. The Bertz CT molecular complexity index is 1010. The number of halogens is 7. The number of rotatable bonds is 8. The third kappa shape index (κ3) is 8.37. The van der Waals surface area contributed by atoms with Crippen LogP contribution in [0, 0.1) is 11.8 Å². The Morgan fingerprint density at radius 3 is 1.89 bits per heavy atom. The minimum Gasteiger partial charge on any atom is -0.481 e. The minimum atomic E-state index is -4.48. The van der Waals surface area contributed by atoms with E-state index in [0.717, 1.165) is 30.7 Å². The van der Waals surface area contributed by atoms with E-state index < -0.39 is 29.4 Å². The van der Waals surface area contributed by atoms with Gasteiger partial charge in [-0.05, 0) is 79.5 Å². The average Bonchev–Trinajstić information content (AvgIpc) is 2.78. The smallest absolute Gasteiger partial charge is 0.416 e. The molecule has 1 N–H and O–H groups in total. The van der Waals surface area contributed by atoms with Crippen LogP contribution in [0.3, 0.4) is 0 Å². The van der Waals surface area contributed by atoms with Crippen molar-refractivity contribution in [2.45, 2.75) is 70.4 Å². The molecule has 0 unspecified atom stereocenters. The highest BCUT2D eigenvalue weighted by atomic mass is 35.5. The highest BCUT2D eigenvalue weighted by molar-refractivity contribution is 5.85. The second kappa shape index (κ2) is 12.5. The van der Waals surface area contributed by atoms with Crippen molar-refractivity contribution >= 4 is 18.4 Å². The van der Waals surface area contributed by atoms with Crippen LogP contribution in [-0.4, -0.2) is 22.5 Å². The first-order valence-electron chi connectivity index (χ1n) is 12.1. The topological polar surface area (TPSA) is 40.5 Å². The number of likely N-dealkylation sites (tertiary alicyclic amines) is 1. The number of hydrogen-bond donors (Lipinski definition) is 1. The Hall–Kier alpha value is -2.26. The van der Waals surface area contributed by atoms with Gasteiger partial charge in [-0.1, -0.05) is 38.1 Å². The number of alkyl halides is 6. The maximum atomic E-state index is 13.1. The van der Waals surface area contributed by atoms with Crippen LogP contribution in [0.1, 0.15) is 80.3 Å². The summed E-state index contributed by atoms with van der Waals surface area (Å²) in [7, 11) is 0. The molecule has 1 saturated heterocycles. The van der Waals surface area contributed by atoms with Crippen LogP contribution in [-0.2, 0) is 17.1 Å². The Balaban J connectivity index is 0.00000481. The zero-order chi connectivity index (χ0) is 26.7. The number of benzene rings is 2. The zero-order valence-corrected chi connectivity index (χ0v) is 21.5. The van der Waals surface area contributed by atoms with Crippen LogP contribution in [0.5, 0.6) is 0 Å². The lowest BCUT2D eigenvalue weighted by Gasteiger charge is -2.44. The Labute approximate surface area is 219 Å². The normalized spacial score (nSPS) is 19.9. The van der Waals surface area contributed by atoms with Gasteiger partial charge >= 0.3 is 18.3 Å². The van der Waals surface area contributed by atoms with E-state index in [0.29, 0.717) is 42.9 Å².